The Bertz CT molecular complexity index is 432. The molecule has 0 aliphatic rings. The van der Waals surface area contributed by atoms with Crippen LogP contribution in [-0.2, 0) is 16.1 Å². The van der Waals surface area contributed by atoms with Crippen molar-refractivity contribution in [3.63, 3.8) is 0 Å². The fourth-order valence-corrected chi connectivity index (χ4v) is 1.83. The summed E-state index contributed by atoms with van der Waals surface area (Å²) in [5.74, 6) is 0.367. The fourth-order valence-electron chi connectivity index (χ4n) is 1.83. The minimum absolute atomic E-state index is 0.00744. The third-order valence-electron chi connectivity index (χ3n) is 2.84. The number of amides is 2. The zero-order valence-corrected chi connectivity index (χ0v) is 12.4. The Morgan fingerprint density at radius 3 is 2.70 bits per heavy atom. The van der Waals surface area contributed by atoms with Crippen molar-refractivity contribution in [3.8, 4) is 0 Å². The molecular weight excluding hydrogens is 254 g/mol. The van der Waals surface area contributed by atoms with Crippen molar-refractivity contribution < 1.29 is 9.59 Å². The molecule has 0 aromatic carbocycles. The van der Waals surface area contributed by atoms with Crippen molar-refractivity contribution in [2.24, 2.45) is 5.92 Å². The summed E-state index contributed by atoms with van der Waals surface area (Å²) in [4.78, 5) is 28.9. The van der Waals surface area contributed by atoms with Crippen LogP contribution in [0.25, 0.3) is 0 Å². The molecule has 0 unspecified atom stereocenters. The van der Waals surface area contributed by atoms with Gasteiger partial charge in [0.1, 0.15) is 0 Å². The van der Waals surface area contributed by atoms with Gasteiger partial charge >= 0.3 is 0 Å². The number of aromatic nitrogens is 1. The maximum absolute atomic E-state index is 11.6. The highest BCUT2D eigenvalue weighted by atomic mass is 16.2. The number of hydrogen-bond donors (Lipinski definition) is 1. The predicted molar refractivity (Wildman–Crippen MR) is 77.8 cm³/mol. The Morgan fingerprint density at radius 1 is 1.40 bits per heavy atom. The normalized spacial score (nSPS) is 10.4. The van der Waals surface area contributed by atoms with E-state index in [0.29, 0.717) is 32.0 Å². The molecule has 0 spiro atoms. The van der Waals surface area contributed by atoms with E-state index >= 15 is 0 Å². The topological polar surface area (TPSA) is 62.3 Å². The molecule has 0 aliphatic carbocycles. The zero-order chi connectivity index (χ0) is 15.0. The minimum Gasteiger partial charge on any atom is -0.354 e. The van der Waals surface area contributed by atoms with E-state index in [2.05, 4.69) is 10.3 Å². The maximum Gasteiger partial charge on any atom is 0.220 e. The van der Waals surface area contributed by atoms with Crippen LogP contribution >= 0.6 is 0 Å². The molecule has 2 amide bonds. The summed E-state index contributed by atoms with van der Waals surface area (Å²) >= 11 is 0. The van der Waals surface area contributed by atoms with Crippen LogP contribution in [0, 0.1) is 5.92 Å². The third kappa shape index (κ3) is 6.31. The van der Waals surface area contributed by atoms with Gasteiger partial charge in [-0.2, -0.15) is 0 Å². The lowest BCUT2D eigenvalue weighted by atomic mass is 10.1. The monoisotopic (exact) mass is 277 g/mol. The predicted octanol–water partition coefficient (Wildman–Crippen LogP) is 1.59. The summed E-state index contributed by atoms with van der Waals surface area (Å²) in [7, 11) is 0. The van der Waals surface area contributed by atoms with Crippen molar-refractivity contribution in [2.45, 2.75) is 33.7 Å². The van der Waals surface area contributed by atoms with Crippen LogP contribution in [0.15, 0.2) is 24.5 Å². The second-order valence-electron chi connectivity index (χ2n) is 5.25. The second-order valence-corrected chi connectivity index (χ2v) is 5.25. The summed E-state index contributed by atoms with van der Waals surface area (Å²) in [5.41, 5.74) is 0.983. The number of rotatable bonds is 7. The van der Waals surface area contributed by atoms with Gasteiger partial charge in [-0.3, -0.25) is 14.6 Å². The first-order chi connectivity index (χ1) is 9.49. The van der Waals surface area contributed by atoms with Crippen molar-refractivity contribution in [1.29, 1.82) is 0 Å². The van der Waals surface area contributed by atoms with Crippen LogP contribution in [0.1, 0.15) is 32.8 Å². The van der Waals surface area contributed by atoms with Crippen LogP contribution in [0.5, 0.6) is 0 Å². The quantitative estimate of drug-likeness (QED) is 0.823. The van der Waals surface area contributed by atoms with Gasteiger partial charge < -0.3 is 10.2 Å². The number of nitrogens with zero attached hydrogens (tertiary/aromatic N) is 2. The highest BCUT2D eigenvalue weighted by Crippen LogP contribution is 2.03. The number of carbonyl (C=O) groups is 2. The van der Waals surface area contributed by atoms with Gasteiger partial charge in [0.25, 0.3) is 0 Å². The van der Waals surface area contributed by atoms with E-state index in [1.807, 2.05) is 26.0 Å². The summed E-state index contributed by atoms with van der Waals surface area (Å²) in [5, 5.41) is 2.84. The number of hydrogen-bond acceptors (Lipinski definition) is 3. The molecule has 20 heavy (non-hydrogen) atoms. The van der Waals surface area contributed by atoms with E-state index in [1.54, 1.807) is 17.3 Å². The van der Waals surface area contributed by atoms with Crippen molar-refractivity contribution in [3.05, 3.63) is 30.1 Å². The molecule has 0 fully saturated rings. The molecule has 0 saturated heterocycles. The van der Waals surface area contributed by atoms with E-state index < -0.39 is 0 Å². The molecular formula is C15H23N3O2. The molecule has 0 aliphatic heterocycles. The van der Waals surface area contributed by atoms with Gasteiger partial charge in [0.15, 0.2) is 0 Å². The molecule has 1 heterocycles. The summed E-state index contributed by atoms with van der Waals surface area (Å²) in [6.45, 7) is 7.04. The molecule has 1 aromatic heterocycles. The van der Waals surface area contributed by atoms with Gasteiger partial charge in [-0.05, 0) is 17.5 Å². The number of carbonyl (C=O) groups excluding carboxylic acids is 2. The highest BCUT2D eigenvalue weighted by molar-refractivity contribution is 5.76. The molecule has 5 nitrogen and oxygen atoms in total. The Hall–Kier alpha value is -1.91. The van der Waals surface area contributed by atoms with Gasteiger partial charge in [0, 0.05) is 45.4 Å². The zero-order valence-electron chi connectivity index (χ0n) is 12.4. The van der Waals surface area contributed by atoms with E-state index in [0.717, 1.165) is 5.56 Å². The lowest BCUT2D eigenvalue weighted by Gasteiger charge is -2.21. The van der Waals surface area contributed by atoms with Gasteiger partial charge in [-0.25, -0.2) is 0 Å². The van der Waals surface area contributed by atoms with Crippen LogP contribution in [-0.4, -0.2) is 34.8 Å². The first-order valence-corrected chi connectivity index (χ1v) is 6.90. The smallest absolute Gasteiger partial charge is 0.220 e. The molecule has 1 rings (SSSR count). The average molecular weight is 277 g/mol. The molecule has 1 N–H and O–H groups in total. The largest absolute Gasteiger partial charge is 0.354 e. The summed E-state index contributed by atoms with van der Waals surface area (Å²) < 4.78 is 0. The standard InChI is InChI=1S/C15H23N3O2/c1-12(2)9-15(20)17-7-8-18(13(3)19)11-14-5-4-6-16-10-14/h4-6,10,12H,7-9,11H2,1-3H3,(H,17,20). The highest BCUT2D eigenvalue weighted by Gasteiger charge is 2.10. The average Bonchev–Trinajstić information content (AvgIpc) is 2.37. The minimum atomic E-state index is -0.00744. The second kappa shape index (κ2) is 8.30. The number of nitrogens with one attached hydrogen (secondary N) is 1. The van der Waals surface area contributed by atoms with E-state index in [1.165, 1.54) is 6.92 Å². The molecule has 0 atom stereocenters. The molecule has 5 heteroatoms. The Kier molecular flexibility index (Phi) is 6.70. The molecule has 0 radical (unpaired) electrons. The summed E-state index contributed by atoms with van der Waals surface area (Å²) in [6.07, 6.45) is 3.96. The summed E-state index contributed by atoms with van der Waals surface area (Å²) in [6, 6.07) is 3.78. The lowest BCUT2D eigenvalue weighted by Crippen LogP contribution is -2.37. The molecule has 0 saturated carbocycles. The van der Waals surface area contributed by atoms with Crippen LogP contribution in [0.3, 0.4) is 0 Å². The van der Waals surface area contributed by atoms with Crippen molar-refractivity contribution in [2.75, 3.05) is 13.1 Å². The van der Waals surface area contributed by atoms with E-state index in [-0.39, 0.29) is 11.8 Å². The first-order valence-electron chi connectivity index (χ1n) is 6.90. The van der Waals surface area contributed by atoms with Gasteiger partial charge in [0.2, 0.25) is 11.8 Å². The van der Waals surface area contributed by atoms with Gasteiger partial charge in [-0.1, -0.05) is 19.9 Å². The SMILES string of the molecule is CC(=O)N(CCNC(=O)CC(C)C)Cc1cccnc1. The molecule has 0 bridgehead atoms. The van der Waals surface area contributed by atoms with E-state index in [4.69, 9.17) is 0 Å². The Balaban J connectivity index is 2.40. The fraction of sp³-hybridized carbons (Fsp3) is 0.533. The van der Waals surface area contributed by atoms with Crippen LogP contribution < -0.4 is 5.32 Å². The van der Waals surface area contributed by atoms with Crippen LogP contribution in [0.2, 0.25) is 0 Å². The molecule has 110 valence electrons. The Morgan fingerprint density at radius 2 is 2.15 bits per heavy atom. The van der Waals surface area contributed by atoms with Crippen molar-refractivity contribution in [1.82, 2.24) is 15.2 Å². The number of pyridine rings is 1. The van der Waals surface area contributed by atoms with Crippen molar-refractivity contribution >= 4 is 11.8 Å². The molecule has 1 aromatic rings. The van der Waals surface area contributed by atoms with E-state index in [9.17, 15) is 9.59 Å². The third-order valence-corrected chi connectivity index (χ3v) is 2.84. The van der Waals surface area contributed by atoms with Gasteiger partial charge in [-0.15, -0.1) is 0 Å². The van der Waals surface area contributed by atoms with Gasteiger partial charge in [0.05, 0.1) is 0 Å². The van der Waals surface area contributed by atoms with Crippen LogP contribution in [0.4, 0.5) is 0 Å². The Labute approximate surface area is 120 Å². The maximum atomic E-state index is 11.6. The lowest BCUT2D eigenvalue weighted by molar-refractivity contribution is -0.130. The first kappa shape index (κ1) is 16.1.